The van der Waals surface area contributed by atoms with E-state index in [-0.39, 0.29) is 6.04 Å². The molecule has 0 saturated heterocycles. The van der Waals surface area contributed by atoms with Crippen molar-refractivity contribution in [2.75, 3.05) is 0 Å². The average molecular weight is 245 g/mol. The van der Waals surface area contributed by atoms with E-state index in [4.69, 9.17) is 5.84 Å². The van der Waals surface area contributed by atoms with Crippen LogP contribution in [0, 0.1) is 13.8 Å². The number of hydrogen-bond acceptors (Lipinski definition) is 4. The van der Waals surface area contributed by atoms with E-state index >= 15 is 0 Å². The first-order valence-corrected chi connectivity index (χ1v) is 6.08. The minimum Gasteiger partial charge on any atom is -0.273 e. The van der Waals surface area contributed by atoms with Crippen LogP contribution in [0.2, 0.25) is 0 Å². The Morgan fingerprint density at radius 2 is 2.17 bits per heavy atom. The van der Waals surface area contributed by atoms with Crippen molar-refractivity contribution in [2.45, 2.75) is 33.4 Å². The third-order valence-electron chi connectivity index (χ3n) is 3.05. The Labute approximate surface area is 107 Å². The highest BCUT2D eigenvalue weighted by molar-refractivity contribution is 5.32. The number of rotatable bonds is 4. The lowest BCUT2D eigenvalue weighted by molar-refractivity contribution is 0.624. The molecule has 0 aliphatic carbocycles. The standard InChI is InChI=1S/C13H19N5/c1-4-18-8-11(7-15-18)13(17-14)12-6-5-9(2)16-10(12)3/h5-8,13,17H,4,14H2,1-3H3. The normalized spacial score (nSPS) is 12.7. The van der Waals surface area contributed by atoms with Crippen molar-refractivity contribution in [1.29, 1.82) is 0 Å². The summed E-state index contributed by atoms with van der Waals surface area (Å²) in [6.07, 6.45) is 3.84. The van der Waals surface area contributed by atoms with Crippen molar-refractivity contribution in [3.8, 4) is 0 Å². The summed E-state index contributed by atoms with van der Waals surface area (Å²) in [6, 6.07) is 3.99. The van der Waals surface area contributed by atoms with Gasteiger partial charge in [0.05, 0.1) is 12.2 Å². The first-order chi connectivity index (χ1) is 8.65. The maximum Gasteiger partial charge on any atom is 0.0758 e. The monoisotopic (exact) mass is 245 g/mol. The lowest BCUT2D eigenvalue weighted by Crippen LogP contribution is -2.29. The molecule has 0 bridgehead atoms. The molecular weight excluding hydrogens is 226 g/mol. The Morgan fingerprint density at radius 3 is 2.72 bits per heavy atom. The van der Waals surface area contributed by atoms with E-state index in [1.54, 1.807) is 0 Å². The summed E-state index contributed by atoms with van der Waals surface area (Å²) in [6.45, 7) is 6.89. The van der Waals surface area contributed by atoms with Crippen LogP contribution in [0.25, 0.3) is 0 Å². The fourth-order valence-electron chi connectivity index (χ4n) is 2.07. The Kier molecular flexibility index (Phi) is 3.74. The maximum absolute atomic E-state index is 5.68. The molecule has 2 aromatic heterocycles. The van der Waals surface area contributed by atoms with Gasteiger partial charge in [0.25, 0.3) is 0 Å². The molecule has 0 aliphatic heterocycles. The van der Waals surface area contributed by atoms with Crippen LogP contribution in [0.5, 0.6) is 0 Å². The van der Waals surface area contributed by atoms with Crippen molar-refractivity contribution in [3.05, 3.63) is 47.0 Å². The number of aromatic nitrogens is 3. The van der Waals surface area contributed by atoms with Crippen molar-refractivity contribution in [1.82, 2.24) is 20.2 Å². The average Bonchev–Trinajstić information content (AvgIpc) is 2.81. The van der Waals surface area contributed by atoms with Crippen molar-refractivity contribution < 1.29 is 0 Å². The highest BCUT2D eigenvalue weighted by atomic mass is 15.3. The molecule has 18 heavy (non-hydrogen) atoms. The summed E-state index contributed by atoms with van der Waals surface area (Å²) >= 11 is 0. The summed E-state index contributed by atoms with van der Waals surface area (Å²) in [4.78, 5) is 4.47. The molecule has 2 heterocycles. The molecule has 2 rings (SSSR count). The Balaban J connectivity index is 2.38. The van der Waals surface area contributed by atoms with Gasteiger partial charge in [0, 0.05) is 29.7 Å². The number of aryl methyl sites for hydroxylation is 3. The van der Waals surface area contributed by atoms with Gasteiger partial charge in [-0.3, -0.25) is 15.5 Å². The second-order valence-corrected chi connectivity index (χ2v) is 4.36. The van der Waals surface area contributed by atoms with Gasteiger partial charge in [-0.25, -0.2) is 5.43 Å². The number of nitrogens with one attached hydrogen (secondary N) is 1. The molecule has 2 aromatic rings. The molecule has 96 valence electrons. The summed E-state index contributed by atoms with van der Waals surface area (Å²) in [5, 5.41) is 4.28. The number of pyridine rings is 1. The molecular formula is C13H19N5. The van der Waals surface area contributed by atoms with Crippen LogP contribution >= 0.6 is 0 Å². The second-order valence-electron chi connectivity index (χ2n) is 4.36. The number of nitrogens with two attached hydrogens (primary N) is 1. The number of hydrogen-bond donors (Lipinski definition) is 2. The third kappa shape index (κ3) is 2.42. The summed E-state index contributed by atoms with van der Waals surface area (Å²) in [5.41, 5.74) is 6.97. The van der Waals surface area contributed by atoms with Gasteiger partial charge in [0.2, 0.25) is 0 Å². The summed E-state index contributed by atoms with van der Waals surface area (Å²) in [7, 11) is 0. The minimum atomic E-state index is -0.0709. The minimum absolute atomic E-state index is 0.0709. The van der Waals surface area contributed by atoms with Gasteiger partial charge in [-0.05, 0) is 32.4 Å². The Bertz CT molecular complexity index is 532. The third-order valence-corrected chi connectivity index (χ3v) is 3.05. The van der Waals surface area contributed by atoms with Crippen molar-refractivity contribution in [3.63, 3.8) is 0 Å². The molecule has 0 aromatic carbocycles. The fourth-order valence-corrected chi connectivity index (χ4v) is 2.07. The molecule has 0 saturated carbocycles. The van der Waals surface area contributed by atoms with Crippen LogP contribution in [-0.4, -0.2) is 14.8 Å². The van der Waals surface area contributed by atoms with Crippen LogP contribution in [0.15, 0.2) is 24.5 Å². The van der Waals surface area contributed by atoms with Gasteiger partial charge in [0.1, 0.15) is 0 Å². The Hall–Kier alpha value is -1.72. The zero-order chi connectivity index (χ0) is 13.1. The van der Waals surface area contributed by atoms with E-state index in [0.717, 1.165) is 29.1 Å². The van der Waals surface area contributed by atoms with E-state index in [1.165, 1.54) is 0 Å². The van der Waals surface area contributed by atoms with Crippen LogP contribution in [-0.2, 0) is 6.54 Å². The van der Waals surface area contributed by atoms with E-state index in [2.05, 4.69) is 28.5 Å². The highest BCUT2D eigenvalue weighted by Gasteiger charge is 2.17. The van der Waals surface area contributed by atoms with Crippen LogP contribution in [0.1, 0.15) is 35.5 Å². The van der Waals surface area contributed by atoms with Gasteiger partial charge in [-0.15, -0.1) is 0 Å². The largest absolute Gasteiger partial charge is 0.273 e. The van der Waals surface area contributed by atoms with E-state index in [0.29, 0.717) is 0 Å². The number of nitrogens with zero attached hydrogens (tertiary/aromatic N) is 3. The molecule has 3 N–H and O–H groups in total. The molecule has 1 atom stereocenters. The quantitative estimate of drug-likeness (QED) is 0.632. The van der Waals surface area contributed by atoms with Gasteiger partial charge < -0.3 is 0 Å². The van der Waals surface area contributed by atoms with E-state index in [1.807, 2.05) is 37.0 Å². The van der Waals surface area contributed by atoms with Gasteiger partial charge >= 0.3 is 0 Å². The SMILES string of the molecule is CCn1cc(C(NN)c2ccc(C)nc2C)cn1. The summed E-state index contributed by atoms with van der Waals surface area (Å²) < 4.78 is 1.89. The molecule has 0 radical (unpaired) electrons. The molecule has 0 spiro atoms. The topological polar surface area (TPSA) is 68.8 Å². The number of hydrazine groups is 1. The zero-order valence-electron chi connectivity index (χ0n) is 11.0. The second kappa shape index (κ2) is 5.29. The zero-order valence-corrected chi connectivity index (χ0v) is 11.0. The predicted octanol–water partition coefficient (Wildman–Crippen LogP) is 1.47. The van der Waals surface area contributed by atoms with Gasteiger partial charge in [-0.2, -0.15) is 5.10 Å². The molecule has 0 aliphatic rings. The molecule has 0 fully saturated rings. The Morgan fingerprint density at radius 1 is 1.39 bits per heavy atom. The van der Waals surface area contributed by atoms with Crippen molar-refractivity contribution >= 4 is 0 Å². The first-order valence-electron chi connectivity index (χ1n) is 6.08. The van der Waals surface area contributed by atoms with Gasteiger partial charge in [0.15, 0.2) is 0 Å². The van der Waals surface area contributed by atoms with E-state index < -0.39 is 0 Å². The molecule has 5 heteroatoms. The van der Waals surface area contributed by atoms with E-state index in [9.17, 15) is 0 Å². The lowest BCUT2D eigenvalue weighted by Gasteiger charge is -2.16. The van der Waals surface area contributed by atoms with Crippen molar-refractivity contribution in [2.24, 2.45) is 5.84 Å². The molecule has 0 amide bonds. The van der Waals surface area contributed by atoms with Crippen LogP contribution in [0.4, 0.5) is 0 Å². The molecule has 5 nitrogen and oxygen atoms in total. The fraction of sp³-hybridized carbons (Fsp3) is 0.385. The summed E-state index contributed by atoms with van der Waals surface area (Å²) in [5.74, 6) is 5.68. The smallest absolute Gasteiger partial charge is 0.0758 e. The van der Waals surface area contributed by atoms with Gasteiger partial charge in [-0.1, -0.05) is 6.07 Å². The van der Waals surface area contributed by atoms with Crippen LogP contribution in [0.3, 0.4) is 0 Å². The molecule has 1 unspecified atom stereocenters. The first kappa shape index (κ1) is 12.7. The maximum atomic E-state index is 5.68. The van der Waals surface area contributed by atoms with Crippen LogP contribution < -0.4 is 11.3 Å². The predicted molar refractivity (Wildman–Crippen MR) is 70.8 cm³/mol. The lowest BCUT2D eigenvalue weighted by atomic mass is 10.0. The highest BCUT2D eigenvalue weighted by Crippen LogP contribution is 2.23.